The number of nitriles is 1. The third kappa shape index (κ3) is 7.40. The zero-order valence-corrected chi connectivity index (χ0v) is 42.1. The van der Waals surface area contributed by atoms with Gasteiger partial charge < -0.3 is 9.13 Å². The summed E-state index contributed by atoms with van der Waals surface area (Å²) in [6.45, 7) is 17.4. The maximum atomic E-state index is 10.9. The number of pyridine rings is 1. The van der Waals surface area contributed by atoms with Crippen molar-refractivity contribution >= 4 is 43.6 Å². The molecule has 3 heterocycles. The molecule has 0 amide bonds. The van der Waals surface area contributed by atoms with Gasteiger partial charge >= 0.3 is 0 Å². The monoisotopic (exact) mass is 926 g/mol. The van der Waals surface area contributed by atoms with Crippen molar-refractivity contribution in [2.45, 2.75) is 55.4 Å². The van der Waals surface area contributed by atoms with Gasteiger partial charge in [0.25, 0.3) is 0 Å². The summed E-state index contributed by atoms with van der Waals surface area (Å²) >= 11 is 0. The van der Waals surface area contributed by atoms with Crippen molar-refractivity contribution in [3.8, 4) is 73.1 Å². The SMILES string of the molecule is Cc1ccc(-c2ccc3c(c2)c2cc(-c4ccc(C)cc4C)ccc2n3-c2ccc(C#N)c(-c3cnccc3-n3c4ccc(-c5ccc(C)cc5C)cc4c4cc(-c5ccc(C)cc5C)ccc43)c2)c(C)c1. The minimum atomic E-state index is 0.582. The van der Waals surface area contributed by atoms with Crippen LogP contribution in [0.15, 0.2) is 182 Å². The van der Waals surface area contributed by atoms with E-state index in [-0.39, 0.29) is 0 Å². The maximum Gasteiger partial charge on any atom is 0.0998 e. The van der Waals surface area contributed by atoms with Gasteiger partial charge in [-0.3, -0.25) is 4.98 Å². The molecule has 0 N–H and O–H groups in total. The van der Waals surface area contributed by atoms with Crippen LogP contribution < -0.4 is 0 Å². The van der Waals surface area contributed by atoms with Gasteiger partial charge in [0.2, 0.25) is 0 Å². The van der Waals surface area contributed by atoms with Crippen molar-refractivity contribution in [3.63, 3.8) is 0 Å². The molecule has 9 aromatic carbocycles. The Balaban J connectivity index is 1.08. The molecule has 72 heavy (non-hydrogen) atoms. The second kappa shape index (κ2) is 17.3. The lowest BCUT2D eigenvalue weighted by Crippen LogP contribution is -2.01. The topological polar surface area (TPSA) is 46.5 Å². The maximum absolute atomic E-state index is 10.9. The van der Waals surface area contributed by atoms with E-state index in [0.717, 1.165) is 55.3 Å². The average molecular weight is 927 g/mol. The number of fused-ring (bicyclic) bond motifs is 6. The van der Waals surface area contributed by atoms with Gasteiger partial charge in [0, 0.05) is 50.8 Å². The first-order valence-electron chi connectivity index (χ1n) is 24.9. The van der Waals surface area contributed by atoms with E-state index in [1.54, 1.807) is 0 Å². The van der Waals surface area contributed by atoms with Gasteiger partial charge in [0.15, 0.2) is 0 Å². The fraction of sp³-hybridized carbons (Fsp3) is 0.118. The fourth-order valence-electron chi connectivity index (χ4n) is 11.6. The van der Waals surface area contributed by atoms with E-state index in [2.05, 4.69) is 234 Å². The summed E-state index contributed by atoms with van der Waals surface area (Å²) in [5.41, 5.74) is 28.2. The molecule has 0 bridgehead atoms. The van der Waals surface area contributed by atoms with Gasteiger partial charge in [-0.25, -0.2) is 0 Å². The van der Waals surface area contributed by atoms with Crippen LogP contribution >= 0.6 is 0 Å². The van der Waals surface area contributed by atoms with Crippen molar-refractivity contribution in [2.75, 3.05) is 0 Å². The van der Waals surface area contributed by atoms with E-state index < -0.39 is 0 Å². The fourth-order valence-corrected chi connectivity index (χ4v) is 11.6. The molecule has 0 aliphatic rings. The standard InChI is InChI=1S/C68H54N4/c1-40-9-19-54(44(5)29-40)48-14-23-64-59(33-48)60-34-49(55-20-10-41(2)30-45(55)6)15-24-65(60)71(64)53-18-13-52(38-69)58(37-53)63-39-70-28-27-68(63)72-66-25-16-50(56-21-11-42(3)31-46(56)7)35-61(66)62-36-51(17-26-67(62)72)57-22-12-43(4)32-47(57)8/h9-37,39H,1-8H3. The number of aryl methyl sites for hydroxylation is 8. The molecule has 12 aromatic rings. The molecule has 4 nitrogen and oxygen atoms in total. The third-order valence-corrected chi connectivity index (χ3v) is 15.0. The lowest BCUT2D eigenvalue weighted by atomic mass is 9.95. The van der Waals surface area contributed by atoms with Gasteiger partial charge in [-0.1, -0.05) is 119 Å². The van der Waals surface area contributed by atoms with Crippen LogP contribution in [0.4, 0.5) is 0 Å². The average Bonchev–Trinajstić information content (AvgIpc) is 3.87. The number of nitrogens with zero attached hydrogens (tertiary/aromatic N) is 4. The van der Waals surface area contributed by atoms with Crippen LogP contribution in [0.5, 0.6) is 0 Å². The van der Waals surface area contributed by atoms with E-state index in [1.165, 1.54) is 99.8 Å². The highest BCUT2D eigenvalue weighted by molar-refractivity contribution is 6.13. The van der Waals surface area contributed by atoms with Crippen LogP contribution in [-0.4, -0.2) is 14.1 Å². The molecule has 0 saturated carbocycles. The second-order valence-electron chi connectivity index (χ2n) is 20.1. The number of rotatable bonds is 7. The summed E-state index contributed by atoms with van der Waals surface area (Å²) < 4.78 is 4.74. The Hall–Kier alpha value is -8.78. The minimum absolute atomic E-state index is 0.582. The predicted molar refractivity (Wildman–Crippen MR) is 303 cm³/mol. The van der Waals surface area contributed by atoms with E-state index in [4.69, 9.17) is 4.98 Å². The van der Waals surface area contributed by atoms with Gasteiger partial charge in [-0.05, 0) is 195 Å². The molecule has 0 aliphatic carbocycles. The smallest absolute Gasteiger partial charge is 0.0998 e. The largest absolute Gasteiger partial charge is 0.309 e. The van der Waals surface area contributed by atoms with E-state index >= 15 is 0 Å². The first kappa shape index (κ1) is 44.4. The summed E-state index contributed by atoms with van der Waals surface area (Å²) in [6, 6.07) is 65.3. The van der Waals surface area contributed by atoms with Crippen LogP contribution in [0.25, 0.3) is 111 Å². The lowest BCUT2D eigenvalue weighted by Gasteiger charge is -2.17. The highest BCUT2D eigenvalue weighted by Crippen LogP contribution is 2.43. The molecular weight excluding hydrogens is 873 g/mol. The number of aromatic nitrogens is 3. The zero-order chi connectivity index (χ0) is 49.5. The van der Waals surface area contributed by atoms with Crippen molar-refractivity contribution in [1.82, 2.24) is 14.1 Å². The van der Waals surface area contributed by atoms with Crippen LogP contribution in [0.1, 0.15) is 50.1 Å². The van der Waals surface area contributed by atoms with Crippen LogP contribution in [0.2, 0.25) is 0 Å². The molecule has 346 valence electrons. The van der Waals surface area contributed by atoms with Gasteiger partial charge in [-0.2, -0.15) is 5.26 Å². The zero-order valence-electron chi connectivity index (χ0n) is 42.1. The summed E-state index contributed by atoms with van der Waals surface area (Å²) in [5, 5.41) is 15.6. The Morgan fingerprint density at radius 1 is 0.347 bits per heavy atom. The van der Waals surface area contributed by atoms with Crippen LogP contribution in [-0.2, 0) is 0 Å². The molecule has 0 spiro atoms. The number of benzene rings is 9. The Bertz CT molecular complexity index is 4050. The molecular formula is C68H54N4. The van der Waals surface area contributed by atoms with Crippen LogP contribution in [0, 0.1) is 66.7 Å². The Morgan fingerprint density at radius 3 is 1.08 bits per heavy atom. The molecule has 0 unspecified atom stereocenters. The van der Waals surface area contributed by atoms with E-state index in [0.29, 0.717) is 5.56 Å². The first-order valence-corrected chi connectivity index (χ1v) is 24.9. The second-order valence-corrected chi connectivity index (χ2v) is 20.1. The van der Waals surface area contributed by atoms with Crippen molar-refractivity contribution in [2.24, 2.45) is 0 Å². The molecule has 0 fully saturated rings. The Morgan fingerprint density at radius 2 is 0.722 bits per heavy atom. The van der Waals surface area contributed by atoms with Crippen molar-refractivity contribution in [3.05, 3.63) is 232 Å². The molecule has 0 saturated heterocycles. The molecule has 3 aromatic heterocycles. The normalized spacial score (nSPS) is 11.6. The number of hydrogen-bond acceptors (Lipinski definition) is 2. The van der Waals surface area contributed by atoms with E-state index in [1.807, 2.05) is 18.5 Å². The Kier molecular flexibility index (Phi) is 10.7. The molecule has 0 radical (unpaired) electrons. The summed E-state index contributed by atoms with van der Waals surface area (Å²) in [5.74, 6) is 0. The quantitative estimate of drug-likeness (QED) is 0.160. The third-order valence-electron chi connectivity index (χ3n) is 15.0. The molecule has 0 aliphatic heterocycles. The van der Waals surface area contributed by atoms with Gasteiger partial charge in [0.1, 0.15) is 0 Å². The Labute approximate surface area is 421 Å². The predicted octanol–water partition coefficient (Wildman–Crippen LogP) is 17.9. The minimum Gasteiger partial charge on any atom is -0.309 e. The highest BCUT2D eigenvalue weighted by Gasteiger charge is 2.22. The van der Waals surface area contributed by atoms with Crippen molar-refractivity contribution in [1.29, 1.82) is 5.26 Å². The van der Waals surface area contributed by atoms with Gasteiger partial charge in [-0.15, -0.1) is 0 Å². The van der Waals surface area contributed by atoms with Crippen LogP contribution in [0.3, 0.4) is 0 Å². The molecule has 4 heteroatoms. The van der Waals surface area contributed by atoms with E-state index in [9.17, 15) is 5.26 Å². The first-order chi connectivity index (χ1) is 34.9. The highest BCUT2D eigenvalue weighted by atomic mass is 15.0. The lowest BCUT2D eigenvalue weighted by molar-refractivity contribution is 1.15. The molecule has 12 rings (SSSR count). The molecule has 0 atom stereocenters. The summed E-state index contributed by atoms with van der Waals surface area (Å²) in [6.07, 6.45) is 3.80. The van der Waals surface area contributed by atoms with Gasteiger partial charge in [0.05, 0.1) is 39.4 Å². The summed E-state index contributed by atoms with van der Waals surface area (Å²) in [7, 11) is 0. The summed E-state index contributed by atoms with van der Waals surface area (Å²) in [4.78, 5) is 4.77. The number of hydrogen-bond donors (Lipinski definition) is 0. The van der Waals surface area contributed by atoms with Crippen molar-refractivity contribution < 1.29 is 0 Å².